The number of aliphatic carboxylic acids is 1. The summed E-state index contributed by atoms with van der Waals surface area (Å²) in [5.74, 6) is -2.06. The number of halogens is 3. The third-order valence-electron chi connectivity index (χ3n) is 2.04. The number of hydrogen-bond donors (Lipinski definition) is 1. The molecule has 7 heteroatoms. The van der Waals surface area contributed by atoms with Crippen LogP contribution in [0.3, 0.4) is 0 Å². The van der Waals surface area contributed by atoms with Crippen LogP contribution < -0.4 is 0 Å². The Morgan fingerprint density at radius 1 is 1.50 bits per heavy atom. The number of alkyl halides is 3. The molecule has 4 nitrogen and oxygen atoms in total. The standard InChI is InChI=1S/C7H8F3NO3/c8-7(9,10)11-2-1-4(12)3-5(11)6(13)14/h5H,1-3H2,(H,13,14). The van der Waals surface area contributed by atoms with Crippen molar-refractivity contribution in [3.05, 3.63) is 0 Å². The molecule has 1 fully saturated rings. The molecule has 0 spiro atoms. The number of carboxylic acid groups (broad SMARTS) is 1. The zero-order chi connectivity index (χ0) is 10.9. The number of likely N-dealkylation sites (tertiary alicyclic amines) is 1. The van der Waals surface area contributed by atoms with Crippen molar-refractivity contribution in [3.8, 4) is 0 Å². The summed E-state index contributed by atoms with van der Waals surface area (Å²) in [6.07, 6.45) is -5.51. The van der Waals surface area contributed by atoms with E-state index < -0.39 is 37.1 Å². The number of carbonyl (C=O) groups excluding carboxylic acids is 1. The molecule has 0 saturated carbocycles. The van der Waals surface area contributed by atoms with E-state index in [9.17, 15) is 22.8 Å². The van der Waals surface area contributed by atoms with Crippen molar-refractivity contribution in [1.82, 2.24) is 4.90 Å². The van der Waals surface area contributed by atoms with Gasteiger partial charge in [0.05, 0.1) is 0 Å². The molecule has 0 amide bonds. The van der Waals surface area contributed by atoms with Crippen LogP contribution in [0.25, 0.3) is 0 Å². The predicted molar refractivity (Wildman–Crippen MR) is 38.4 cm³/mol. The number of rotatable bonds is 1. The minimum absolute atomic E-state index is 0.114. The third kappa shape index (κ3) is 2.22. The third-order valence-corrected chi connectivity index (χ3v) is 2.04. The SMILES string of the molecule is O=C1CCN(C(F)(F)F)C(C(=O)O)C1. The minimum Gasteiger partial charge on any atom is -0.480 e. The summed E-state index contributed by atoms with van der Waals surface area (Å²) in [5.41, 5.74) is 0. The molecular weight excluding hydrogens is 203 g/mol. The van der Waals surface area contributed by atoms with Gasteiger partial charge in [-0.25, -0.2) is 0 Å². The van der Waals surface area contributed by atoms with Crippen molar-refractivity contribution in [1.29, 1.82) is 0 Å². The summed E-state index contributed by atoms with van der Waals surface area (Å²) >= 11 is 0. The van der Waals surface area contributed by atoms with Crippen LogP contribution in [-0.2, 0) is 9.59 Å². The molecule has 1 atom stereocenters. The van der Waals surface area contributed by atoms with Gasteiger partial charge in [-0.05, 0) is 0 Å². The van der Waals surface area contributed by atoms with E-state index in [1.54, 1.807) is 0 Å². The van der Waals surface area contributed by atoms with Crippen LogP contribution in [0, 0.1) is 0 Å². The van der Waals surface area contributed by atoms with Crippen LogP contribution in [0.1, 0.15) is 12.8 Å². The highest BCUT2D eigenvalue weighted by Gasteiger charge is 2.47. The molecule has 1 aliphatic rings. The Kier molecular flexibility index (Phi) is 2.79. The van der Waals surface area contributed by atoms with Crippen LogP contribution in [0.15, 0.2) is 0 Å². The fourth-order valence-electron chi connectivity index (χ4n) is 1.35. The van der Waals surface area contributed by atoms with Crippen molar-refractivity contribution >= 4 is 11.8 Å². The van der Waals surface area contributed by atoms with E-state index in [1.165, 1.54) is 0 Å². The highest BCUT2D eigenvalue weighted by atomic mass is 19.4. The molecule has 14 heavy (non-hydrogen) atoms. The van der Waals surface area contributed by atoms with Crippen molar-refractivity contribution < 1.29 is 27.9 Å². The van der Waals surface area contributed by atoms with Gasteiger partial charge in [-0.1, -0.05) is 0 Å². The molecule has 1 saturated heterocycles. The Morgan fingerprint density at radius 2 is 2.07 bits per heavy atom. The van der Waals surface area contributed by atoms with Gasteiger partial charge in [-0.3, -0.25) is 9.59 Å². The molecule has 1 heterocycles. The number of Topliss-reactive ketones (excluding diaryl/α,β-unsaturated/α-hetero) is 1. The van der Waals surface area contributed by atoms with E-state index in [0.717, 1.165) is 0 Å². The molecule has 1 aliphatic heterocycles. The van der Waals surface area contributed by atoms with Crippen molar-refractivity contribution in [2.24, 2.45) is 0 Å². The van der Waals surface area contributed by atoms with Gasteiger partial charge < -0.3 is 5.11 Å². The minimum atomic E-state index is -4.69. The predicted octanol–water partition coefficient (Wildman–Crippen LogP) is 0.624. The van der Waals surface area contributed by atoms with Crippen molar-refractivity contribution in [3.63, 3.8) is 0 Å². The summed E-state index contributed by atoms with van der Waals surface area (Å²) < 4.78 is 36.7. The van der Waals surface area contributed by atoms with E-state index in [0.29, 0.717) is 0 Å². The highest BCUT2D eigenvalue weighted by molar-refractivity contribution is 5.87. The van der Waals surface area contributed by atoms with Gasteiger partial charge in [0.2, 0.25) is 0 Å². The molecule has 1 rings (SSSR count). The molecule has 0 aromatic rings. The lowest BCUT2D eigenvalue weighted by molar-refractivity contribution is -0.262. The Balaban J connectivity index is 2.83. The first-order valence-electron chi connectivity index (χ1n) is 3.90. The molecule has 1 N–H and O–H groups in total. The molecule has 80 valence electrons. The number of carboxylic acids is 1. The van der Waals surface area contributed by atoms with Crippen LogP contribution in [0.5, 0.6) is 0 Å². The second-order valence-electron chi connectivity index (χ2n) is 3.01. The van der Waals surface area contributed by atoms with Gasteiger partial charge in [0.15, 0.2) is 0 Å². The maximum atomic E-state index is 12.2. The van der Waals surface area contributed by atoms with E-state index in [4.69, 9.17) is 5.11 Å². The van der Waals surface area contributed by atoms with Crippen molar-refractivity contribution in [2.45, 2.75) is 25.2 Å². The number of hydrogen-bond acceptors (Lipinski definition) is 3. The monoisotopic (exact) mass is 211 g/mol. The molecule has 1 unspecified atom stereocenters. The first-order valence-corrected chi connectivity index (χ1v) is 3.90. The first-order chi connectivity index (χ1) is 6.32. The largest absolute Gasteiger partial charge is 0.480 e. The number of nitrogens with zero attached hydrogens (tertiary/aromatic N) is 1. The fourth-order valence-corrected chi connectivity index (χ4v) is 1.35. The molecule has 0 radical (unpaired) electrons. The van der Waals surface area contributed by atoms with E-state index in [2.05, 4.69) is 0 Å². The number of piperidine rings is 1. The maximum Gasteiger partial charge on any atom is 0.460 e. The van der Waals surface area contributed by atoms with Crippen LogP contribution >= 0.6 is 0 Å². The zero-order valence-corrected chi connectivity index (χ0v) is 7.04. The summed E-state index contributed by atoms with van der Waals surface area (Å²) in [6, 6.07) is -1.77. The summed E-state index contributed by atoms with van der Waals surface area (Å²) in [7, 11) is 0. The Labute approximate surface area is 77.3 Å². The second kappa shape index (κ2) is 3.56. The van der Waals surface area contributed by atoms with Gasteiger partial charge in [-0.2, -0.15) is 18.1 Å². The number of ketones is 1. The average Bonchev–Trinajstić information content (AvgIpc) is 2.01. The van der Waals surface area contributed by atoms with Crippen LogP contribution in [0.4, 0.5) is 13.2 Å². The highest BCUT2D eigenvalue weighted by Crippen LogP contribution is 2.28. The molecule has 0 bridgehead atoms. The maximum absolute atomic E-state index is 12.2. The van der Waals surface area contributed by atoms with Crippen LogP contribution in [-0.4, -0.2) is 40.6 Å². The fraction of sp³-hybridized carbons (Fsp3) is 0.714. The van der Waals surface area contributed by atoms with E-state index in [-0.39, 0.29) is 11.3 Å². The van der Waals surface area contributed by atoms with Crippen molar-refractivity contribution in [2.75, 3.05) is 6.54 Å². The molecule has 0 aromatic carbocycles. The topological polar surface area (TPSA) is 57.6 Å². The molecular formula is C7H8F3NO3. The summed E-state index contributed by atoms with van der Waals surface area (Å²) in [6.45, 7) is -0.570. The smallest absolute Gasteiger partial charge is 0.460 e. The van der Waals surface area contributed by atoms with Gasteiger partial charge >= 0.3 is 12.3 Å². The summed E-state index contributed by atoms with van der Waals surface area (Å²) in [5, 5.41) is 8.50. The van der Waals surface area contributed by atoms with Crippen LogP contribution in [0.2, 0.25) is 0 Å². The number of carbonyl (C=O) groups is 2. The molecule has 0 aliphatic carbocycles. The first kappa shape index (κ1) is 11.0. The lowest BCUT2D eigenvalue weighted by Gasteiger charge is -2.33. The van der Waals surface area contributed by atoms with Gasteiger partial charge in [0, 0.05) is 19.4 Å². The summed E-state index contributed by atoms with van der Waals surface area (Å²) in [4.78, 5) is 21.1. The Hall–Kier alpha value is -1.11. The van der Waals surface area contributed by atoms with E-state index >= 15 is 0 Å². The molecule has 0 aromatic heterocycles. The van der Waals surface area contributed by atoms with Gasteiger partial charge in [0.25, 0.3) is 0 Å². The quantitative estimate of drug-likeness (QED) is 0.646. The van der Waals surface area contributed by atoms with E-state index in [1.807, 2.05) is 0 Å². The lowest BCUT2D eigenvalue weighted by atomic mass is 10.0. The zero-order valence-electron chi connectivity index (χ0n) is 7.04. The second-order valence-corrected chi connectivity index (χ2v) is 3.01. The Morgan fingerprint density at radius 3 is 2.50 bits per heavy atom. The van der Waals surface area contributed by atoms with Gasteiger partial charge in [0.1, 0.15) is 11.8 Å². The Bertz CT molecular complexity index is 263. The normalized spacial score (nSPS) is 25.1. The van der Waals surface area contributed by atoms with Gasteiger partial charge in [-0.15, -0.1) is 0 Å². The average molecular weight is 211 g/mol. The lowest BCUT2D eigenvalue weighted by Crippen LogP contribution is -2.53.